The van der Waals surface area contributed by atoms with Crippen molar-refractivity contribution >= 4 is 46.2 Å². The van der Waals surface area contributed by atoms with Crippen LogP contribution in [-0.4, -0.2) is 42.8 Å². The zero-order valence-electron chi connectivity index (χ0n) is 21.0. The third-order valence-electron chi connectivity index (χ3n) is 5.59. The van der Waals surface area contributed by atoms with E-state index in [0.29, 0.717) is 57.5 Å². The normalized spacial score (nSPS) is 15.2. The molecule has 1 heterocycles. The van der Waals surface area contributed by atoms with Crippen LogP contribution in [0.25, 0.3) is 6.08 Å². The van der Waals surface area contributed by atoms with Gasteiger partial charge in [-0.25, -0.2) is 4.99 Å². The van der Waals surface area contributed by atoms with Gasteiger partial charge in [0.15, 0.2) is 16.7 Å². The number of amides is 1. The van der Waals surface area contributed by atoms with Crippen molar-refractivity contribution in [1.82, 2.24) is 4.90 Å². The third-order valence-corrected chi connectivity index (χ3v) is 6.88. The van der Waals surface area contributed by atoms with Gasteiger partial charge in [0.2, 0.25) is 0 Å². The van der Waals surface area contributed by atoms with Gasteiger partial charge in [-0.2, -0.15) is 5.26 Å². The molecule has 1 saturated heterocycles. The predicted octanol–water partition coefficient (Wildman–Crippen LogP) is 6.44. The number of carbonyl (C=O) groups excluding carboxylic acids is 1. The number of rotatable bonds is 10. The summed E-state index contributed by atoms with van der Waals surface area (Å²) in [6.45, 7) is 3.44. The Bertz CT molecular complexity index is 1400. The number of hydrogen-bond donors (Lipinski definition) is 0. The summed E-state index contributed by atoms with van der Waals surface area (Å²) in [6, 6.07) is 22.3. The van der Waals surface area contributed by atoms with Gasteiger partial charge in [0.1, 0.15) is 6.61 Å². The maximum Gasteiger partial charge on any atom is 0.266 e. The Labute approximate surface area is 231 Å². The van der Waals surface area contributed by atoms with Crippen molar-refractivity contribution in [3.05, 3.63) is 93.3 Å². The van der Waals surface area contributed by atoms with E-state index in [0.717, 1.165) is 11.3 Å². The lowest BCUT2D eigenvalue weighted by Gasteiger charge is -2.15. The highest BCUT2D eigenvalue weighted by atomic mass is 35.5. The summed E-state index contributed by atoms with van der Waals surface area (Å²) < 4.78 is 17.0. The summed E-state index contributed by atoms with van der Waals surface area (Å²) in [7, 11) is 1.52. The van der Waals surface area contributed by atoms with E-state index in [2.05, 4.69) is 11.1 Å². The molecule has 0 saturated carbocycles. The molecule has 4 rings (SSSR count). The summed E-state index contributed by atoms with van der Waals surface area (Å²) in [4.78, 5) is 20.1. The van der Waals surface area contributed by atoms with E-state index in [1.54, 1.807) is 35.2 Å². The van der Waals surface area contributed by atoms with Crippen LogP contribution in [0.15, 0.2) is 76.6 Å². The number of para-hydroxylation sites is 1. The zero-order valence-corrected chi connectivity index (χ0v) is 22.6. The van der Waals surface area contributed by atoms with E-state index in [-0.39, 0.29) is 12.5 Å². The molecule has 3 aromatic rings. The number of carbonyl (C=O) groups is 1. The summed E-state index contributed by atoms with van der Waals surface area (Å²) >= 11 is 7.88. The summed E-state index contributed by atoms with van der Waals surface area (Å²) in [5.74, 6) is 0.618. The second-order valence-electron chi connectivity index (χ2n) is 8.09. The van der Waals surface area contributed by atoms with Gasteiger partial charge in [-0.05, 0) is 60.7 Å². The van der Waals surface area contributed by atoms with Gasteiger partial charge in [-0.3, -0.25) is 9.69 Å². The van der Waals surface area contributed by atoms with Crippen molar-refractivity contribution in [2.45, 2.75) is 13.5 Å². The van der Waals surface area contributed by atoms with Crippen LogP contribution in [0.1, 0.15) is 23.6 Å². The Morgan fingerprint density at radius 3 is 2.63 bits per heavy atom. The molecule has 0 bridgehead atoms. The molecule has 1 fully saturated rings. The molecular weight excluding hydrogens is 522 g/mol. The highest BCUT2D eigenvalue weighted by molar-refractivity contribution is 8.18. The van der Waals surface area contributed by atoms with E-state index >= 15 is 0 Å². The topological polar surface area (TPSA) is 84.1 Å². The molecule has 0 aliphatic carbocycles. The second kappa shape index (κ2) is 13.2. The number of benzene rings is 3. The van der Waals surface area contributed by atoms with Gasteiger partial charge < -0.3 is 14.2 Å². The fraction of sp³-hybridized carbons (Fsp3) is 0.207. The minimum absolute atomic E-state index is 0.155. The average Bonchev–Trinajstić information content (AvgIpc) is 3.21. The second-order valence-corrected chi connectivity index (χ2v) is 9.50. The lowest BCUT2D eigenvalue weighted by molar-refractivity contribution is -0.122. The number of thioether (sulfide) groups is 1. The predicted molar refractivity (Wildman–Crippen MR) is 151 cm³/mol. The zero-order chi connectivity index (χ0) is 26.9. The smallest absolute Gasteiger partial charge is 0.266 e. The maximum atomic E-state index is 13.3. The first-order valence-electron chi connectivity index (χ1n) is 11.9. The standard InChI is InChI=1S/C29H26ClN3O4S/c1-3-36-14-13-33-28(34)26(38-29(33)32-23-11-5-4-6-12-23)17-20-15-24(30)27(25(16-20)35-2)37-19-22-10-8-7-9-21(22)18-31/h4-12,15-17H,3,13-14,19H2,1-2H3/b26-17+,32-29?. The quantitative estimate of drug-likeness (QED) is 0.214. The van der Waals surface area contributed by atoms with Crippen molar-refractivity contribution in [2.75, 3.05) is 26.9 Å². The van der Waals surface area contributed by atoms with Gasteiger partial charge in [-0.1, -0.05) is 48.0 Å². The minimum atomic E-state index is -0.159. The first-order chi connectivity index (χ1) is 18.5. The van der Waals surface area contributed by atoms with Gasteiger partial charge in [-0.15, -0.1) is 0 Å². The fourth-order valence-electron chi connectivity index (χ4n) is 3.72. The van der Waals surface area contributed by atoms with Gasteiger partial charge in [0.05, 0.1) is 47.5 Å². The van der Waals surface area contributed by atoms with Crippen LogP contribution >= 0.6 is 23.4 Å². The van der Waals surface area contributed by atoms with E-state index in [1.807, 2.05) is 49.4 Å². The van der Waals surface area contributed by atoms with Gasteiger partial charge >= 0.3 is 0 Å². The average molecular weight is 548 g/mol. The largest absolute Gasteiger partial charge is 0.493 e. The summed E-state index contributed by atoms with van der Waals surface area (Å²) in [5, 5.41) is 10.2. The van der Waals surface area contributed by atoms with Crippen LogP contribution in [0.3, 0.4) is 0 Å². The number of methoxy groups -OCH3 is 1. The van der Waals surface area contributed by atoms with Crippen LogP contribution in [0, 0.1) is 11.3 Å². The number of nitrogens with zero attached hydrogens (tertiary/aromatic N) is 3. The summed E-state index contributed by atoms with van der Waals surface area (Å²) in [5.41, 5.74) is 2.71. The molecule has 0 N–H and O–H groups in total. The van der Waals surface area contributed by atoms with E-state index in [4.69, 9.17) is 25.8 Å². The molecule has 1 amide bonds. The SMILES string of the molecule is CCOCCN1C(=O)/C(=C\c2cc(Cl)c(OCc3ccccc3C#N)c(OC)c2)SC1=Nc1ccccc1. The molecule has 0 radical (unpaired) electrons. The molecule has 0 aromatic heterocycles. The molecule has 194 valence electrons. The van der Waals surface area contributed by atoms with Crippen LogP contribution in [0.2, 0.25) is 5.02 Å². The van der Waals surface area contributed by atoms with Crippen molar-refractivity contribution < 1.29 is 19.0 Å². The van der Waals surface area contributed by atoms with Crippen LogP contribution < -0.4 is 9.47 Å². The molecule has 1 aliphatic heterocycles. The Balaban J connectivity index is 1.60. The Kier molecular flexibility index (Phi) is 9.44. The lowest BCUT2D eigenvalue weighted by Crippen LogP contribution is -2.32. The monoisotopic (exact) mass is 547 g/mol. The van der Waals surface area contributed by atoms with Crippen LogP contribution in [0.4, 0.5) is 5.69 Å². The Hall–Kier alpha value is -3.77. The Morgan fingerprint density at radius 1 is 1.13 bits per heavy atom. The van der Waals surface area contributed by atoms with Gasteiger partial charge in [0, 0.05) is 12.2 Å². The molecule has 1 aliphatic rings. The van der Waals surface area contributed by atoms with E-state index in [1.165, 1.54) is 18.9 Å². The number of hydrogen-bond acceptors (Lipinski definition) is 7. The molecule has 3 aromatic carbocycles. The van der Waals surface area contributed by atoms with Crippen molar-refractivity contribution in [1.29, 1.82) is 5.26 Å². The number of nitriles is 1. The van der Waals surface area contributed by atoms with Crippen LogP contribution in [0.5, 0.6) is 11.5 Å². The van der Waals surface area contributed by atoms with Crippen molar-refractivity contribution in [3.8, 4) is 17.6 Å². The maximum absolute atomic E-state index is 13.3. The number of amidine groups is 1. The number of ether oxygens (including phenoxy) is 3. The molecule has 38 heavy (non-hydrogen) atoms. The van der Waals surface area contributed by atoms with E-state index in [9.17, 15) is 10.1 Å². The fourth-order valence-corrected chi connectivity index (χ4v) is 5.02. The minimum Gasteiger partial charge on any atom is -0.493 e. The first-order valence-corrected chi connectivity index (χ1v) is 13.1. The molecule has 0 spiro atoms. The molecule has 0 atom stereocenters. The molecular formula is C29H26ClN3O4S. The first kappa shape index (κ1) is 27.3. The van der Waals surface area contributed by atoms with Crippen LogP contribution in [-0.2, 0) is 16.1 Å². The highest BCUT2D eigenvalue weighted by Gasteiger charge is 2.33. The molecule has 7 nitrogen and oxygen atoms in total. The van der Waals surface area contributed by atoms with Gasteiger partial charge in [0.25, 0.3) is 5.91 Å². The van der Waals surface area contributed by atoms with Crippen molar-refractivity contribution in [3.63, 3.8) is 0 Å². The lowest BCUT2D eigenvalue weighted by atomic mass is 10.1. The Morgan fingerprint density at radius 2 is 1.89 bits per heavy atom. The van der Waals surface area contributed by atoms with Crippen molar-refractivity contribution in [2.24, 2.45) is 4.99 Å². The van der Waals surface area contributed by atoms with E-state index < -0.39 is 0 Å². The third kappa shape index (κ3) is 6.56. The molecule has 9 heteroatoms. The number of halogens is 1. The highest BCUT2D eigenvalue weighted by Crippen LogP contribution is 2.40. The molecule has 0 unspecified atom stereocenters. The number of aliphatic imine (C=N–C) groups is 1. The summed E-state index contributed by atoms with van der Waals surface area (Å²) in [6.07, 6.45) is 1.76.